The Kier molecular flexibility index (Phi) is 7.91. The smallest absolute Gasteiger partial charge is 0.228 e. The van der Waals surface area contributed by atoms with E-state index in [9.17, 15) is 4.79 Å². The lowest BCUT2D eigenvalue weighted by molar-refractivity contribution is -0.115. The second-order valence-electron chi connectivity index (χ2n) is 9.53. The molecule has 0 saturated heterocycles. The molecule has 0 saturated carbocycles. The van der Waals surface area contributed by atoms with Crippen LogP contribution in [0.5, 0.6) is 17.2 Å². The largest absolute Gasteiger partial charge is 0.493 e. The van der Waals surface area contributed by atoms with Gasteiger partial charge in [0.15, 0.2) is 23.1 Å². The molecule has 2 N–H and O–H groups in total. The number of fused-ring (bicyclic) bond motifs is 1. The average molecular weight is 553 g/mol. The Morgan fingerprint density at radius 2 is 1.61 bits per heavy atom. The van der Waals surface area contributed by atoms with Crippen molar-refractivity contribution in [1.82, 2.24) is 14.8 Å². The number of carbonyl (C=O) groups is 1. The van der Waals surface area contributed by atoms with Crippen LogP contribution >= 0.6 is 0 Å². The van der Waals surface area contributed by atoms with Crippen LogP contribution in [0.3, 0.4) is 0 Å². The zero-order valence-electron chi connectivity index (χ0n) is 23.6. The minimum Gasteiger partial charge on any atom is -0.493 e. The van der Waals surface area contributed by atoms with Crippen molar-refractivity contribution in [3.8, 4) is 23.1 Å². The zero-order chi connectivity index (χ0) is 28.9. The molecule has 10 heteroatoms. The van der Waals surface area contributed by atoms with Crippen LogP contribution < -0.4 is 29.7 Å². The van der Waals surface area contributed by atoms with Crippen LogP contribution in [0.25, 0.3) is 16.7 Å². The monoisotopic (exact) mass is 552 g/mol. The summed E-state index contributed by atoms with van der Waals surface area (Å²) >= 11 is 0. The Hall–Kier alpha value is -5.25. The van der Waals surface area contributed by atoms with Gasteiger partial charge in [-0.05, 0) is 42.0 Å². The second-order valence-corrected chi connectivity index (χ2v) is 9.53. The maximum absolute atomic E-state index is 13.1. The molecule has 5 rings (SSSR count). The normalized spacial score (nSPS) is 10.8. The number of aromatic nitrogens is 3. The summed E-state index contributed by atoms with van der Waals surface area (Å²) in [5.41, 5.74) is 4.33. The Bertz CT molecular complexity index is 1660. The number of hydrogen-bond donors (Lipinski definition) is 2. The minimum atomic E-state index is -0.187. The third-order valence-electron chi connectivity index (χ3n) is 6.63. The highest BCUT2D eigenvalue weighted by Crippen LogP contribution is 2.40. The molecule has 0 spiro atoms. The summed E-state index contributed by atoms with van der Waals surface area (Å²) in [6, 6.07) is 23.1. The number of benzene rings is 3. The molecule has 0 unspecified atom stereocenters. The first-order valence-corrected chi connectivity index (χ1v) is 13.0. The average Bonchev–Trinajstić information content (AvgIpc) is 3.35. The van der Waals surface area contributed by atoms with Crippen LogP contribution in [-0.4, -0.2) is 56.1 Å². The van der Waals surface area contributed by atoms with Crippen LogP contribution in [0.2, 0.25) is 0 Å². The molecule has 0 aliphatic carbocycles. The molecule has 0 atom stereocenters. The van der Waals surface area contributed by atoms with Gasteiger partial charge in [0.2, 0.25) is 11.7 Å². The molecular formula is C31H32N6O4. The van der Waals surface area contributed by atoms with E-state index in [2.05, 4.69) is 20.8 Å². The van der Waals surface area contributed by atoms with Gasteiger partial charge in [0.25, 0.3) is 0 Å². The van der Waals surface area contributed by atoms with Crippen molar-refractivity contribution < 1.29 is 19.0 Å². The molecule has 2 aromatic heterocycles. The van der Waals surface area contributed by atoms with Crippen molar-refractivity contribution >= 4 is 39.7 Å². The van der Waals surface area contributed by atoms with Crippen molar-refractivity contribution in [2.45, 2.75) is 6.42 Å². The van der Waals surface area contributed by atoms with Crippen LogP contribution in [0.15, 0.2) is 79.0 Å². The number of ether oxygens (including phenoxy) is 3. The lowest BCUT2D eigenvalue weighted by Gasteiger charge is -2.14. The molecule has 0 aliphatic heterocycles. The van der Waals surface area contributed by atoms with E-state index in [1.54, 1.807) is 12.1 Å². The van der Waals surface area contributed by atoms with E-state index in [1.165, 1.54) is 21.3 Å². The number of nitrogens with zero attached hydrogens (tertiary/aromatic N) is 4. The molecule has 2 heterocycles. The van der Waals surface area contributed by atoms with Gasteiger partial charge in [-0.25, -0.2) is 0 Å². The highest BCUT2D eigenvalue weighted by molar-refractivity contribution is 5.96. The summed E-state index contributed by atoms with van der Waals surface area (Å²) in [6.07, 6.45) is 2.08. The second kappa shape index (κ2) is 11.9. The molecule has 0 bridgehead atoms. The molecule has 5 aromatic rings. The highest BCUT2D eigenvalue weighted by Gasteiger charge is 2.17. The van der Waals surface area contributed by atoms with Gasteiger partial charge in [0.1, 0.15) is 0 Å². The van der Waals surface area contributed by atoms with E-state index >= 15 is 0 Å². The summed E-state index contributed by atoms with van der Waals surface area (Å²) < 4.78 is 18.1. The number of nitrogens with one attached hydrogen (secondary N) is 2. The fraction of sp³-hybridized carbons (Fsp3) is 0.194. The number of amides is 1. The van der Waals surface area contributed by atoms with E-state index in [0.717, 1.165) is 27.8 Å². The van der Waals surface area contributed by atoms with Gasteiger partial charge in [-0.2, -0.15) is 0 Å². The molecule has 0 radical (unpaired) electrons. The lowest BCUT2D eigenvalue weighted by Crippen LogP contribution is -2.14. The lowest BCUT2D eigenvalue weighted by atomic mass is 10.1. The quantitative estimate of drug-likeness (QED) is 0.236. The third kappa shape index (κ3) is 5.86. The van der Waals surface area contributed by atoms with Crippen molar-refractivity contribution in [1.29, 1.82) is 0 Å². The predicted octanol–water partition coefficient (Wildman–Crippen LogP) is 5.44. The van der Waals surface area contributed by atoms with Gasteiger partial charge in [0.05, 0.1) is 33.3 Å². The number of methoxy groups -OCH3 is 3. The van der Waals surface area contributed by atoms with Gasteiger partial charge in [-0.3, -0.25) is 9.36 Å². The zero-order valence-corrected chi connectivity index (χ0v) is 23.6. The molecule has 0 aliphatic rings. The van der Waals surface area contributed by atoms with Gasteiger partial charge in [0, 0.05) is 54.9 Å². The van der Waals surface area contributed by atoms with E-state index in [1.807, 2.05) is 90.4 Å². The number of hydrogen-bond acceptors (Lipinski definition) is 8. The highest BCUT2D eigenvalue weighted by atomic mass is 16.5. The Morgan fingerprint density at radius 3 is 2.27 bits per heavy atom. The summed E-state index contributed by atoms with van der Waals surface area (Å²) in [7, 11) is 8.60. The first kappa shape index (κ1) is 27.3. The van der Waals surface area contributed by atoms with Crippen molar-refractivity contribution in [2.75, 3.05) is 51.0 Å². The van der Waals surface area contributed by atoms with Gasteiger partial charge < -0.3 is 29.7 Å². The van der Waals surface area contributed by atoms with Crippen LogP contribution in [-0.2, 0) is 11.2 Å². The molecule has 0 fully saturated rings. The number of anilines is 4. The van der Waals surface area contributed by atoms with E-state index < -0.39 is 0 Å². The number of carbonyl (C=O) groups excluding carboxylic acids is 1. The molecule has 1 amide bonds. The van der Waals surface area contributed by atoms with Crippen LogP contribution in [0.1, 0.15) is 5.56 Å². The van der Waals surface area contributed by atoms with Gasteiger partial charge >= 0.3 is 0 Å². The maximum Gasteiger partial charge on any atom is 0.228 e. The minimum absolute atomic E-state index is 0.152. The molecule has 210 valence electrons. The Balaban J connectivity index is 1.37. The Labute approximate surface area is 238 Å². The Morgan fingerprint density at radius 1 is 0.854 bits per heavy atom. The van der Waals surface area contributed by atoms with Gasteiger partial charge in [-0.15, -0.1) is 10.2 Å². The predicted molar refractivity (Wildman–Crippen MR) is 161 cm³/mol. The van der Waals surface area contributed by atoms with E-state index in [4.69, 9.17) is 14.2 Å². The van der Waals surface area contributed by atoms with E-state index in [0.29, 0.717) is 34.6 Å². The molecule has 41 heavy (non-hydrogen) atoms. The van der Waals surface area contributed by atoms with Crippen molar-refractivity contribution in [2.24, 2.45) is 0 Å². The fourth-order valence-electron chi connectivity index (χ4n) is 4.64. The van der Waals surface area contributed by atoms with Crippen LogP contribution in [0, 0.1) is 0 Å². The van der Waals surface area contributed by atoms with E-state index in [-0.39, 0.29) is 12.3 Å². The first-order chi connectivity index (χ1) is 19.9. The summed E-state index contributed by atoms with van der Waals surface area (Å²) in [4.78, 5) is 15.2. The molecular weight excluding hydrogens is 520 g/mol. The summed E-state index contributed by atoms with van der Waals surface area (Å²) in [5, 5.41) is 16.1. The topological polar surface area (TPSA) is 103 Å². The molecule has 10 nitrogen and oxygen atoms in total. The fourth-order valence-corrected chi connectivity index (χ4v) is 4.64. The van der Waals surface area contributed by atoms with Crippen LogP contribution in [0.4, 0.5) is 22.9 Å². The number of para-hydroxylation sites is 1. The first-order valence-electron chi connectivity index (χ1n) is 13.0. The summed E-state index contributed by atoms with van der Waals surface area (Å²) in [6.45, 7) is 0. The third-order valence-corrected chi connectivity index (χ3v) is 6.63. The van der Waals surface area contributed by atoms with Crippen molar-refractivity contribution in [3.05, 3.63) is 84.6 Å². The van der Waals surface area contributed by atoms with Gasteiger partial charge in [-0.1, -0.05) is 24.3 Å². The molecule has 3 aromatic carbocycles. The summed E-state index contributed by atoms with van der Waals surface area (Å²) in [5.74, 6) is 2.46. The number of rotatable bonds is 10. The van der Waals surface area contributed by atoms with Crippen molar-refractivity contribution in [3.63, 3.8) is 0 Å². The SMILES string of the molecule is COc1cc(NC(=O)Cc2cn(-c3ccc(Nc4cccc(N(C)C)c4)nn3)c3ccccc23)cc(OC)c1OC. The standard InChI is InChI=1S/C31H32N6O4/c1-36(2)23-10-8-9-21(16-23)32-28-13-14-29(35-34-28)37-19-20(24-11-6-7-12-25(24)37)15-30(38)33-22-17-26(39-3)31(41-5)27(18-22)40-4/h6-14,16-19H,15H2,1-5H3,(H,32,34)(H,33,38). The maximum atomic E-state index is 13.1.